The first-order valence-corrected chi connectivity index (χ1v) is 9.20. The molecule has 1 heterocycles. The Morgan fingerprint density at radius 3 is 2.54 bits per heavy atom. The molecule has 0 bridgehead atoms. The topological polar surface area (TPSA) is 59.4 Å². The van der Waals surface area contributed by atoms with Crippen molar-refractivity contribution >= 4 is 17.6 Å². The lowest BCUT2D eigenvalue weighted by Gasteiger charge is -2.19. The summed E-state index contributed by atoms with van der Waals surface area (Å²) in [6, 6.07) is 4.48. The molecule has 1 atom stereocenters. The van der Waals surface area contributed by atoms with Crippen LogP contribution >= 0.6 is 11.6 Å². The quantitative estimate of drug-likeness (QED) is 0.727. The van der Waals surface area contributed by atoms with Crippen LogP contribution in [0, 0.1) is 5.82 Å². The highest BCUT2D eigenvalue weighted by molar-refractivity contribution is 6.31. The van der Waals surface area contributed by atoms with Crippen molar-refractivity contribution in [1.29, 1.82) is 0 Å². The second-order valence-electron chi connectivity index (χ2n) is 7.11. The lowest BCUT2D eigenvalue weighted by Crippen LogP contribution is -2.10. The van der Waals surface area contributed by atoms with Crippen LogP contribution in [0.4, 0.5) is 4.39 Å². The molecule has 1 unspecified atom stereocenters. The van der Waals surface area contributed by atoms with Crippen LogP contribution in [0.5, 0.6) is 5.75 Å². The number of hydrogen-bond donors (Lipinski definition) is 1. The lowest BCUT2D eigenvalue weighted by molar-refractivity contribution is 0.0691. The average molecular weight is 376 g/mol. The Bertz CT molecular complexity index is 878. The highest BCUT2D eigenvalue weighted by Crippen LogP contribution is 2.45. The molecular weight excluding hydrogens is 357 g/mol. The zero-order chi connectivity index (χ0) is 18.4. The summed E-state index contributed by atoms with van der Waals surface area (Å²) in [6.45, 7) is 1.82. The monoisotopic (exact) mass is 375 g/mol. The normalized spacial score (nSPS) is 17.8. The van der Waals surface area contributed by atoms with E-state index in [1.54, 1.807) is 12.3 Å². The van der Waals surface area contributed by atoms with E-state index in [1.807, 2.05) is 6.92 Å². The minimum atomic E-state index is -1.25. The van der Waals surface area contributed by atoms with Gasteiger partial charge in [-0.05, 0) is 61.8 Å². The van der Waals surface area contributed by atoms with Crippen LogP contribution in [-0.2, 0) is 0 Å². The maximum atomic E-state index is 14.2. The van der Waals surface area contributed by atoms with Crippen molar-refractivity contribution in [2.24, 2.45) is 0 Å². The van der Waals surface area contributed by atoms with Gasteiger partial charge in [-0.25, -0.2) is 9.18 Å². The molecule has 2 aliphatic carbocycles. The maximum absolute atomic E-state index is 14.2. The van der Waals surface area contributed by atoms with Crippen LogP contribution in [0.25, 0.3) is 0 Å². The Hall–Kier alpha value is -2.14. The van der Waals surface area contributed by atoms with Crippen LogP contribution < -0.4 is 4.74 Å². The molecule has 0 amide bonds. The molecule has 136 valence electrons. The van der Waals surface area contributed by atoms with Gasteiger partial charge in [0.05, 0.1) is 22.5 Å². The Morgan fingerprint density at radius 1 is 1.27 bits per heavy atom. The highest BCUT2D eigenvalue weighted by Gasteiger charge is 2.31. The molecule has 0 aliphatic heterocycles. The van der Waals surface area contributed by atoms with Gasteiger partial charge in [-0.2, -0.15) is 0 Å². The van der Waals surface area contributed by atoms with E-state index >= 15 is 0 Å². The number of hydrogen-bond acceptors (Lipinski definition) is 3. The average Bonchev–Trinajstić information content (AvgIpc) is 3.46. The minimum absolute atomic E-state index is 0.272. The Labute approximate surface area is 156 Å². The number of pyridine rings is 1. The maximum Gasteiger partial charge on any atom is 0.338 e. The van der Waals surface area contributed by atoms with E-state index in [2.05, 4.69) is 4.98 Å². The molecule has 1 N–H and O–H groups in total. The number of carboxylic acid groups (broad SMARTS) is 1. The molecule has 1 aromatic carbocycles. The number of rotatable bonds is 6. The number of aromatic carboxylic acids is 1. The molecule has 2 aromatic rings. The van der Waals surface area contributed by atoms with E-state index in [9.17, 15) is 9.18 Å². The van der Waals surface area contributed by atoms with Crippen molar-refractivity contribution in [3.63, 3.8) is 0 Å². The van der Waals surface area contributed by atoms with Gasteiger partial charge in [-0.3, -0.25) is 4.98 Å². The van der Waals surface area contributed by atoms with Crippen LogP contribution in [0.1, 0.15) is 77.7 Å². The SMILES string of the molecule is CC(Oc1cnc(C2CC2)c(Cl)c1)c1cc(F)c(C(=O)O)cc1C1CC1. The molecule has 2 aliphatic rings. The van der Waals surface area contributed by atoms with E-state index in [0.717, 1.165) is 36.9 Å². The van der Waals surface area contributed by atoms with Gasteiger partial charge in [0.2, 0.25) is 0 Å². The summed E-state index contributed by atoms with van der Waals surface area (Å²) in [4.78, 5) is 15.6. The summed E-state index contributed by atoms with van der Waals surface area (Å²) in [6.07, 6.45) is 5.40. The third kappa shape index (κ3) is 3.40. The molecule has 2 saturated carbocycles. The first-order chi connectivity index (χ1) is 12.4. The fourth-order valence-electron chi connectivity index (χ4n) is 3.29. The molecule has 0 saturated heterocycles. The minimum Gasteiger partial charge on any atom is -0.484 e. The molecule has 4 nitrogen and oxygen atoms in total. The van der Waals surface area contributed by atoms with Gasteiger partial charge in [0, 0.05) is 12.0 Å². The predicted molar refractivity (Wildman–Crippen MR) is 95.6 cm³/mol. The van der Waals surface area contributed by atoms with E-state index in [-0.39, 0.29) is 11.5 Å². The summed E-state index contributed by atoms with van der Waals surface area (Å²) in [7, 11) is 0. The predicted octanol–water partition coefficient (Wildman–Crippen LogP) is 5.47. The van der Waals surface area contributed by atoms with E-state index in [1.165, 1.54) is 12.1 Å². The fourth-order valence-corrected chi connectivity index (χ4v) is 3.60. The van der Waals surface area contributed by atoms with Gasteiger partial charge in [-0.15, -0.1) is 0 Å². The van der Waals surface area contributed by atoms with Gasteiger partial charge < -0.3 is 9.84 Å². The largest absolute Gasteiger partial charge is 0.484 e. The molecule has 2 fully saturated rings. The van der Waals surface area contributed by atoms with Crippen molar-refractivity contribution in [3.05, 3.63) is 57.6 Å². The van der Waals surface area contributed by atoms with Gasteiger partial charge in [-0.1, -0.05) is 11.6 Å². The highest BCUT2D eigenvalue weighted by atomic mass is 35.5. The summed E-state index contributed by atoms with van der Waals surface area (Å²) in [5.41, 5.74) is 2.14. The standard InChI is InChI=1S/C20H19ClFNO3/c1-10(26-13-6-17(21)19(23-9-13)12-4-5-12)14-8-18(22)16(20(24)25)7-15(14)11-2-3-11/h6-12H,2-5H2,1H3,(H,24,25). The number of carboxylic acids is 1. The second kappa shape index (κ2) is 6.54. The van der Waals surface area contributed by atoms with Gasteiger partial charge in [0.15, 0.2) is 0 Å². The summed E-state index contributed by atoms with van der Waals surface area (Å²) in [5, 5.41) is 9.76. The van der Waals surface area contributed by atoms with Crippen LogP contribution in [-0.4, -0.2) is 16.1 Å². The molecule has 4 rings (SSSR count). The zero-order valence-corrected chi connectivity index (χ0v) is 15.1. The number of aromatic nitrogens is 1. The van der Waals surface area contributed by atoms with Crippen molar-refractivity contribution in [2.75, 3.05) is 0 Å². The molecule has 0 spiro atoms. The molecule has 1 aromatic heterocycles. The van der Waals surface area contributed by atoms with Gasteiger partial charge >= 0.3 is 5.97 Å². The third-order valence-electron chi connectivity index (χ3n) is 4.98. The second-order valence-corrected chi connectivity index (χ2v) is 7.52. The molecular formula is C20H19ClFNO3. The number of nitrogens with zero attached hydrogens (tertiary/aromatic N) is 1. The summed E-state index contributed by atoms with van der Waals surface area (Å²) >= 11 is 6.30. The number of halogens is 2. The fraction of sp³-hybridized carbons (Fsp3) is 0.400. The van der Waals surface area contributed by atoms with E-state index in [0.29, 0.717) is 22.3 Å². The molecule has 0 radical (unpaired) electrons. The number of carbonyl (C=O) groups is 1. The first-order valence-electron chi connectivity index (χ1n) is 8.82. The van der Waals surface area contributed by atoms with Crippen LogP contribution in [0.15, 0.2) is 24.4 Å². The Kier molecular flexibility index (Phi) is 4.35. The molecule has 6 heteroatoms. The summed E-state index contributed by atoms with van der Waals surface area (Å²) in [5.74, 6) is -0.748. The molecule has 26 heavy (non-hydrogen) atoms. The number of benzene rings is 1. The van der Waals surface area contributed by atoms with E-state index in [4.69, 9.17) is 21.4 Å². The van der Waals surface area contributed by atoms with Crippen molar-refractivity contribution in [2.45, 2.75) is 50.5 Å². The van der Waals surface area contributed by atoms with Crippen molar-refractivity contribution in [3.8, 4) is 5.75 Å². The Balaban J connectivity index is 1.61. The van der Waals surface area contributed by atoms with Gasteiger partial charge in [0.25, 0.3) is 0 Å². The number of ether oxygens (including phenoxy) is 1. The van der Waals surface area contributed by atoms with Crippen LogP contribution in [0.2, 0.25) is 5.02 Å². The zero-order valence-electron chi connectivity index (χ0n) is 14.3. The van der Waals surface area contributed by atoms with Crippen molar-refractivity contribution in [1.82, 2.24) is 4.98 Å². The summed E-state index contributed by atoms with van der Waals surface area (Å²) < 4.78 is 20.2. The van der Waals surface area contributed by atoms with Gasteiger partial charge in [0.1, 0.15) is 17.7 Å². The third-order valence-corrected chi connectivity index (χ3v) is 5.28. The first kappa shape index (κ1) is 17.3. The smallest absolute Gasteiger partial charge is 0.338 e. The van der Waals surface area contributed by atoms with Crippen LogP contribution in [0.3, 0.4) is 0 Å². The lowest BCUT2D eigenvalue weighted by atomic mass is 9.96. The van der Waals surface area contributed by atoms with Crippen molar-refractivity contribution < 1.29 is 19.0 Å². The Morgan fingerprint density at radius 2 is 1.96 bits per heavy atom. The van der Waals surface area contributed by atoms with E-state index < -0.39 is 17.9 Å².